The maximum Gasteiger partial charge on any atom is 0.287 e. The second kappa shape index (κ2) is 8.74. The van der Waals surface area contributed by atoms with Crippen LogP contribution in [0.25, 0.3) is 0 Å². The molecular weight excluding hydrogens is 366 g/mol. The third-order valence-corrected chi connectivity index (χ3v) is 4.58. The van der Waals surface area contributed by atoms with E-state index >= 15 is 0 Å². The maximum atomic E-state index is 12.7. The molecule has 28 heavy (non-hydrogen) atoms. The highest BCUT2D eigenvalue weighted by molar-refractivity contribution is 5.96. The molecule has 1 fully saturated rings. The molecule has 1 atom stereocenters. The summed E-state index contributed by atoms with van der Waals surface area (Å²) >= 11 is 0. The molecule has 0 bridgehead atoms. The summed E-state index contributed by atoms with van der Waals surface area (Å²) in [5.41, 5.74) is 0.457. The molecule has 2 aliphatic rings. The largest absolute Gasteiger partial charge is 0.479 e. The molecule has 1 aromatic heterocycles. The predicted molar refractivity (Wildman–Crippen MR) is 97.9 cm³/mol. The fourth-order valence-electron chi connectivity index (χ4n) is 3.06. The summed E-state index contributed by atoms with van der Waals surface area (Å²) in [4.78, 5) is 39.5. The van der Waals surface area contributed by atoms with Crippen LogP contribution in [0.5, 0.6) is 5.88 Å². The van der Waals surface area contributed by atoms with Crippen molar-refractivity contribution in [3.05, 3.63) is 23.9 Å². The molecular formula is C17H23N7O4. The molecule has 1 N–H and O–H groups in total. The first-order chi connectivity index (χ1) is 13.5. The lowest BCUT2D eigenvalue weighted by atomic mass is 10.2. The van der Waals surface area contributed by atoms with E-state index in [2.05, 4.69) is 25.5 Å². The minimum atomic E-state index is -0.748. The van der Waals surface area contributed by atoms with Gasteiger partial charge in [-0.15, -0.1) is 10.2 Å². The third-order valence-electron chi connectivity index (χ3n) is 4.58. The van der Waals surface area contributed by atoms with E-state index in [1.165, 1.54) is 19.3 Å². The molecule has 3 amide bonds. The first-order valence-corrected chi connectivity index (χ1v) is 8.98. The first-order valence-electron chi connectivity index (χ1n) is 8.98. The molecule has 11 nitrogen and oxygen atoms in total. The van der Waals surface area contributed by atoms with Gasteiger partial charge in [0.15, 0.2) is 6.04 Å². The number of methoxy groups -OCH3 is 1. The molecule has 3 heterocycles. The molecule has 0 aromatic carbocycles. The number of rotatable bonds is 6. The minimum Gasteiger partial charge on any atom is -0.479 e. The number of ether oxygens (including phenoxy) is 1. The second-order valence-corrected chi connectivity index (χ2v) is 6.51. The smallest absolute Gasteiger partial charge is 0.287 e. The highest BCUT2D eigenvalue weighted by atomic mass is 16.5. The van der Waals surface area contributed by atoms with E-state index in [4.69, 9.17) is 4.74 Å². The third kappa shape index (κ3) is 4.60. The van der Waals surface area contributed by atoms with Crippen molar-refractivity contribution in [1.82, 2.24) is 24.9 Å². The van der Waals surface area contributed by atoms with Crippen molar-refractivity contribution >= 4 is 17.7 Å². The number of aryl methyl sites for hydroxylation is 1. The van der Waals surface area contributed by atoms with Crippen LogP contribution in [-0.2, 0) is 16.6 Å². The fourth-order valence-corrected chi connectivity index (χ4v) is 3.06. The van der Waals surface area contributed by atoms with Crippen molar-refractivity contribution in [3.63, 3.8) is 0 Å². The van der Waals surface area contributed by atoms with Gasteiger partial charge in [-0.3, -0.25) is 24.0 Å². The second-order valence-electron chi connectivity index (χ2n) is 6.51. The monoisotopic (exact) mass is 389 g/mol. The zero-order chi connectivity index (χ0) is 20.1. The van der Waals surface area contributed by atoms with E-state index in [9.17, 15) is 14.4 Å². The number of amides is 3. The number of nitrogens with zero attached hydrogens (tertiary/aromatic N) is 6. The van der Waals surface area contributed by atoms with Gasteiger partial charge in [0.25, 0.3) is 17.7 Å². The Bertz CT molecular complexity index is 792. The van der Waals surface area contributed by atoms with E-state index in [1.807, 2.05) is 0 Å². The fraction of sp³-hybridized carbons (Fsp3) is 0.529. The quantitative estimate of drug-likeness (QED) is 0.681. The minimum absolute atomic E-state index is 0.0955. The van der Waals surface area contributed by atoms with Gasteiger partial charge in [0.05, 0.1) is 7.11 Å². The van der Waals surface area contributed by atoms with Crippen LogP contribution >= 0.6 is 0 Å². The Labute approximate surface area is 162 Å². The summed E-state index contributed by atoms with van der Waals surface area (Å²) in [6.45, 7) is 3.72. The van der Waals surface area contributed by atoms with Gasteiger partial charge < -0.3 is 15.0 Å². The summed E-state index contributed by atoms with van der Waals surface area (Å²) in [5.74, 6) is -0.513. The van der Waals surface area contributed by atoms with Gasteiger partial charge in [-0.05, 0) is 6.08 Å². The van der Waals surface area contributed by atoms with Gasteiger partial charge in [-0.25, -0.2) is 0 Å². The predicted octanol–water partition coefficient (Wildman–Crippen LogP) is -0.780. The van der Waals surface area contributed by atoms with Gasteiger partial charge >= 0.3 is 0 Å². The van der Waals surface area contributed by atoms with Gasteiger partial charge in [0.1, 0.15) is 5.56 Å². The Balaban J connectivity index is 1.41. The van der Waals surface area contributed by atoms with Gasteiger partial charge in [-0.1, -0.05) is 0 Å². The molecule has 2 aliphatic heterocycles. The number of carbonyl (C=O) groups is 3. The topological polar surface area (TPSA) is 121 Å². The van der Waals surface area contributed by atoms with Crippen molar-refractivity contribution < 1.29 is 19.1 Å². The van der Waals surface area contributed by atoms with E-state index in [0.717, 1.165) is 0 Å². The van der Waals surface area contributed by atoms with Crippen molar-refractivity contribution in [2.24, 2.45) is 17.3 Å². The summed E-state index contributed by atoms with van der Waals surface area (Å²) in [6.07, 6.45) is 4.33. The first kappa shape index (κ1) is 19.7. The Morgan fingerprint density at radius 2 is 2.04 bits per heavy atom. The zero-order valence-electron chi connectivity index (χ0n) is 15.9. The van der Waals surface area contributed by atoms with Gasteiger partial charge in [0.2, 0.25) is 5.88 Å². The van der Waals surface area contributed by atoms with Crippen molar-refractivity contribution in [3.8, 4) is 5.88 Å². The van der Waals surface area contributed by atoms with E-state index in [1.54, 1.807) is 22.8 Å². The van der Waals surface area contributed by atoms with Crippen molar-refractivity contribution in [2.45, 2.75) is 6.04 Å². The Morgan fingerprint density at radius 1 is 1.29 bits per heavy atom. The standard InChI is InChI=1S/C17H23N7O4/c1-22-11-12(16(21-22)28-2)17(27)24-9-7-23(8-10-24)6-5-18-15(26)13-3-4-14(25)20-19-13/h3-4,11,13H,5-10H2,1-2H3,(H,18,26). The summed E-state index contributed by atoms with van der Waals surface area (Å²) in [5, 5.41) is 13.9. The average Bonchev–Trinajstić information content (AvgIpc) is 3.09. The molecule has 3 rings (SSSR count). The van der Waals surface area contributed by atoms with Crippen LogP contribution in [0.1, 0.15) is 10.4 Å². The molecule has 11 heteroatoms. The lowest BCUT2D eigenvalue weighted by Crippen LogP contribution is -2.50. The lowest BCUT2D eigenvalue weighted by molar-refractivity contribution is -0.121. The van der Waals surface area contributed by atoms with Gasteiger partial charge in [0, 0.05) is 58.6 Å². The maximum absolute atomic E-state index is 12.7. The van der Waals surface area contributed by atoms with Crippen LogP contribution in [0.15, 0.2) is 28.6 Å². The van der Waals surface area contributed by atoms with E-state index in [-0.39, 0.29) is 11.8 Å². The number of piperazine rings is 1. The molecule has 1 unspecified atom stereocenters. The van der Waals surface area contributed by atoms with Gasteiger partial charge in [-0.2, -0.15) is 5.11 Å². The number of nitrogens with one attached hydrogen (secondary N) is 1. The van der Waals surface area contributed by atoms with Crippen molar-refractivity contribution in [2.75, 3.05) is 46.4 Å². The van der Waals surface area contributed by atoms with Crippen molar-refractivity contribution in [1.29, 1.82) is 0 Å². The average molecular weight is 389 g/mol. The number of hydrogen-bond donors (Lipinski definition) is 1. The number of carbonyl (C=O) groups excluding carboxylic acids is 3. The van der Waals surface area contributed by atoms with Crippen LogP contribution in [0.4, 0.5) is 0 Å². The van der Waals surface area contributed by atoms with Crippen LogP contribution in [0.2, 0.25) is 0 Å². The van der Waals surface area contributed by atoms with E-state index in [0.29, 0.717) is 50.7 Å². The molecule has 0 aliphatic carbocycles. The summed E-state index contributed by atoms with van der Waals surface area (Å²) in [6, 6.07) is -0.748. The Kier molecular flexibility index (Phi) is 6.14. The molecule has 1 aromatic rings. The Morgan fingerprint density at radius 3 is 2.68 bits per heavy atom. The normalized spacial score (nSPS) is 19.7. The van der Waals surface area contributed by atoms with E-state index < -0.39 is 11.9 Å². The number of aromatic nitrogens is 2. The number of azo groups is 1. The van der Waals surface area contributed by atoms with Crippen LogP contribution < -0.4 is 10.1 Å². The van der Waals surface area contributed by atoms with Crippen LogP contribution in [0.3, 0.4) is 0 Å². The molecule has 0 saturated carbocycles. The molecule has 0 spiro atoms. The zero-order valence-corrected chi connectivity index (χ0v) is 15.9. The molecule has 0 radical (unpaired) electrons. The summed E-state index contributed by atoms with van der Waals surface area (Å²) in [7, 11) is 3.24. The van der Waals surface area contributed by atoms with Crippen LogP contribution in [-0.4, -0.2) is 89.7 Å². The molecule has 150 valence electrons. The lowest BCUT2D eigenvalue weighted by Gasteiger charge is -2.34. The molecule has 1 saturated heterocycles. The Hall–Kier alpha value is -3.08. The summed E-state index contributed by atoms with van der Waals surface area (Å²) < 4.78 is 6.72. The highest BCUT2D eigenvalue weighted by Crippen LogP contribution is 2.18. The highest BCUT2D eigenvalue weighted by Gasteiger charge is 2.26. The SMILES string of the molecule is COc1nn(C)cc1C(=O)N1CCN(CCNC(=O)C2C=CC(=O)N=N2)CC1. The van der Waals surface area contributed by atoms with Crippen LogP contribution in [0, 0.1) is 0 Å². The number of hydrogen-bond acceptors (Lipinski definition) is 7.